The van der Waals surface area contributed by atoms with Gasteiger partial charge < -0.3 is 10.4 Å². The predicted molar refractivity (Wildman–Crippen MR) is 76.6 cm³/mol. The lowest BCUT2D eigenvalue weighted by atomic mass is 9.73. The smallest absolute Gasteiger partial charge is 0.416 e. The van der Waals surface area contributed by atoms with Crippen LogP contribution in [-0.2, 0) is 22.2 Å². The number of hydrogen-bond donors (Lipinski definition) is 2. The minimum atomic E-state index is -4.44. The highest BCUT2D eigenvalue weighted by Crippen LogP contribution is 2.35. The number of rotatable bonds is 5. The third-order valence-corrected chi connectivity index (χ3v) is 4.17. The molecule has 0 aromatic heterocycles. The van der Waals surface area contributed by atoms with Crippen LogP contribution in [0.15, 0.2) is 24.3 Å². The lowest BCUT2D eigenvalue weighted by Gasteiger charge is -2.33. The highest BCUT2D eigenvalue weighted by molar-refractivity contribution is 5.86. The van der Waals surface area contributed by atoms with Crippen LogP contribution >= 0.6 is 0 Å². The van der Waals surface area contributed by atoms with Gasteiger partial charge in [0.15, 0.2) is 0 Å². The molecule has 0 saturated heterocycles. The fourth-order valence-corrected chi connectivity index (χ4v) is 2.82. The third kappa shape index (κ3) is 4.03. The van der Waals surface area contributed by atoms with Crippen molar-refractivity contribution in [2.75, 3.05) is 0 Å². The Bertz CT molecular complexity index is 600. The zero-order chi connectivity index (χ0) is 17.2. The van der Waals surface area contributed by atoms with Gasteiger partial charge in [0.25, 0.3) is 0 Å². The van der Waals surface area contributed by atoms with Crippen molar-refractivity contribution >= 4 is 11.9 Å². The molecule has 0 heterocycles. The largest absolute Gasteiger partial charge is 0.481 e. The molecule has 4 nitrogen and oxygen atoms in total. The highest BCUT2D eigenvalue weighted by atomic mass is 19.4. The van der Waals surface area contributed by atoms with Crippen molar-refractivity contribution in [1.82, 2.24) is 5.32 Å². The molecule has 1 aliphatic carbocycles. The molecule has 3 atom stereocenters. The van der Waals surface area contributed by atoms with Gasteiger partial charge in [0.1, 0.15) is 0 Å². The SMILES string of the molecule is CC(Cc1ccccc1C(F)(F)F)NC(=O)C1CCC1C(=O)O. The van der Waals surface area contributed by atoms with Crippen LogP contribution in [-0.4, -0.2) is 23.0 Å². The molecule has 0 spiro atoms. The number of aliphatic carboxylic acids is 1. The van der Waals surface area contributed by atoms with Gasteiger partial charge in [0, 0.05) is 6.04 Å². The van der Waals surface area contributed by atoms with E-state index in [2.05, 4.69) is 5.32 Å². The number of halogens is 3. The molecule has 1 aromatic carbocycles. The molecular weight excluding hydrogens is 311 g/mol. The van der Waals surface area contributed by atoms with Gasteiger partial charge in [0.2, 0.25) is 5.91 Å². The second-order valence-corrected chi connectivity index (χ2v) is 5.90. The molecule has 7 heteroatoms. The van der Waals surface area contributed by atoms with Crippen molar-refractivity contribution in [3.63, 3.8) is 0 Å². The summed E-state index contributed by atoms with van der Waals surface area (Å²) < 4.78 is 38.8. The van der Waals surface area contributed by atoms with Crippen molar-refractivity contribution in [2.45, 2.75) is 38.4 Å². The summed E-state index contributed by atoms with van der Waals surface area (Å²) in [6, 6.07) is 4.72. The molecule has 1 fully saturated rings. The van der Waals surface area contributed by atoms with Crippen molar-refractivity contribution in [3.05, 3.63) is 35.4 Å². The van der Waals surface area contributed by atoms with Crippen molar-refractivity contribution in [1.29, 1.82) is 0 Å². The fourth-order valence-electron chi connectivity index (χ4n) is 2.82. The van der Waals surface area contributed by atoms with E-state index in [-0.39, 0.29) is 12.0 Å². The minimum absolute atomic E-state index is 0.0336. The molecule has 1 saturated carbocycles. The number of carboxylic acids is 1. The van der Waals surface area contributed by atoms with Gasteiger partial charge in [-0.3, -0.25) is 9.59 Å². The quantitative estimate of drug-likeness (QED) is 0.873. The van der Waals surface area contributed by atoms with Crippen LogP contribution in [0.2, 0.25) is 0 Å². The van der Waals surface area contributed by atoms with Crippen LogP contribution in [0.5, 0.6) is 0 Å². The second-order valence-electron chi connectivity index (χ2n) is 5.90. The normalized spacial score (nSPS) is 22.1. The molecule has 3 unspecified atom stereocenters. The number of carbonyl (C=O) groups excluding carboxylic acids is 1. The Morgan fingerprint density at radius 2 is 1.87 bits per heavy atom. The van der Waals surface area contributed by atoms with E-state index >= 15 is 0 Å². The Morgan fingerprint density at radius 1 is 1.26 bits per heavy atom. The summed E-state index contributed by atoms with van der Waals surface area (Å²) in [6.45, 7) is 1.61. The highest BCUT2D eigenvalue weighted by Gasteiger charge is 2.41. The first-order valence-corrected chi connectivity index (χ1v) is 7.38. The Kier molecular flexibility index (Phi) is 4.97. The number of carboxylic acid groups (broad SMARTS) is 1. The zero-order valence-electron chi connectivity index (χ0n) is 12.6. The minimum Gasteiger partial charge on any atom is -0.481 e. The van der Waals surface area contributed by atoms with E-state index < -0.39 is 41.5 Å². The maximum atomic E-state index is 12.9. The molecule has 126 valence electrons. The molecule has 0 bridgehead atoms. The molecule has 23 heavy (non-hydrogen) atoms. The first-order valence-electron chi connectivity index (χ1n) is 7.38. The Balaban J connectivity index is 1.99. The summed E-state index contributed by atoms with van der Waals surface area (Å²) >= 11 is 0. The summed E-state index contributed by atoms with van der Waals surface area (Å²) in [6.07, 6.45) is -3.46. The fraction of sp³-hybridized carbons (Fsp3) is 0.500. The molecule has 0 radical (unpaired) electrons. The average Bonchev–Trinajstić information content (AvgIpc) is 2.35. The summed E-state index contributed by atoms with van der Waals surface area (Å²) in [4.78, 5) is 22.9. The summed E-state index contributed by atoms with van der Waals surface area (Å²) in [5, 5.41) is 11.6. The van der Waals surface area contributed by atoms with Gasteiger partial charge in [0.05, 0.1) is 17.4 Å². The Hall–Kier alpha value is -2.05. The molecular formula is C16H18F3NO3. The first kappa shape index (κ1) is 17.3. The monoisotopic (exact) mass is 329 g/mol. The van der Waals surface area contributed by atoms with E-state index in [0.29, 0.717) is 12.8 Å². The lowest BCUT2D eigenvalue weighted by Crippen LogP contribution is -2.47. The number of hydrogen-bond acceptors (Lipinski definition) is 2. The van der Waals surface area contributed by atoms with Gasteiger partial charge in [-0.15, -0.1) is 0 Å². The molecule has 1 aliphatic rings. The van der Waals surface area contributed by atoms with E-state index in [1.807, 2.05) is 0 Å². The molecule has 2 N–H and O–H groups in total. The maximum absolute atomic E-state index is 12.9. The number of carbonyl (C=O) groups is 2. The lowest BCUT2D eigenvalue weighted by molar-refractivity contribution is -0.153. The van der Waals surface area contributed by atoms with E-state index in [1.165, 1.54) is 18.2 Å². The van der Waals surface area contributed by atoms with Crippen LogP contribution in [0.25, 0.3) is 0 Å². The van der Waals surface area contributed by atoms with E-state index in [1.54, 1.807) is 6.92 Å². The average molecular weight is 329 g/mol. The third-order valence-electron chi connectivity index (χ3n) is 4.17. The van der Waals surface area contributed by atoms with Crippen molar-refractivity contribution in [2.24, 2.45) is 11.8 Å². The molecule has 0 aliphatic heterocycles. The molecule has 1 aromatic rings. The van der Waals surface area contributed by atoms with E-state index in [9.17, 15) is 22.8 Å². The molecule has 1 amide bonds. The number of benzene rings is 1. The van der Waals surface area contributed by atoms with Crippen LogP contribution < -0.4 is 5.32 Å². The van der Waals surface area contributed by atoms with E-state index in [0.717, 1.165) is 6.07 Å². The van der Waals surface area contributed by atoms with Crippen molar-refractivity contribution < 1.29 is 27.9 Å². The van der Waals surface area contributed by atoms with Crippen LogP contribution in [0.1, 0.15) is 30.9 Å². The topological polar surface area (TPSA) is 66.4 Å². The zero-order valence-corrected chi connectivity index (χ0v) is 12.6. The summed E-state index contributed by atoms with van der Waals surface area (Å²) in [5.74, 6) is -2.69. The Labute approximate surface area is 131 Å². The van der Waals surface area contributed by atoms with Gasteiger partial charge in [-0.1, -0.05) is 18.2 Å². The number of nitrogens with one attached hydrogen (secondary N) is 1. The van der Waals surface area contributed by atoms with Gasteiger partial charge >= 0.3 is 12.1 Å². The van der Waals surface area contributed by atoms with Crippen LogP contribution in [0.4, 0.5) is 13.2 Å². The standard InChI is InChI=1S/C16H18F3NO3/c1-9(20-14(21)11-6-7-12(11)15(22)23)8-10-4-2-3-5-13(10)16(17,18)19/h2-5,9,11-12H,6-8H2,1H3,(H,20,21)(H,22,23). The maximum Gasteiger partial charge on any atom is 0.416 e. The summed E-state index contributed by atoms with van der Waals surface area (Å²) in [7, 11) is 0. The van der Waals surface area contributed by atoms with Crippen LogP contribution in [0.3, 0.4) is 0 Å². The van der Waals surface area contributed by atoms with Gasteiger partial charge in [-0.2, -0.15) is 13.2 Å². The van der Waals surface area contributed by atoms with Crippen LogP contribution in [0, 0.1) is 11.8 Å². The molecule has 2 rings (SSSR count). The van der Waals surface area contributed by atoms with E-state index in [4.69, 9.17) is 5.11 Å². The summed E-state index contributed by atoms with van der Waals surface area (Å²) in [5.41, 5.74) is -0.607. The van der Waals surface area contributed by atoms with Gasteiger partial charge in [-0.25, -0.2) is 0 Å². The van der Waals surface area contributed by atoms with Gasteiger partial charge in [-0.05, 0) is 37.8 Å². The Morgan fingerprint density at radius 3 is 2.39 bits per heavy atom. The number of amides is 1. The predicted octanol–water partition coefficient (Wildman–Crippen LogP) is 2.86. The second kappa shape index (κ2) is 6.60. The first-order chi connectivity index (χ1) is 10.7. The van der Waals surface area contributed by atoms with Crippen molar-refractivity contribution in [3.8, 4) is 0 Å². The number of alkyl halides is 3.